The highest BCUT2D eigenvalue weighted by Crippen LogP contribution is 2.30. The summed E-state index contributed by atoms with van der Waals surface area (Å²) >= 11 is 1.06. The zero-order chi connectivity index (χ0) is 28.2. The van der Waals surface area contributed by atoms with Crippen molar-refractivity contribution >= 4 is 40.4 Å². The molecule has 1 amide bonds. The monoisotopic (exact) mass is 554 g/mol. The van der Waals surface area contributed by atoms with Crippen molar-refractivity contribution in [2.24, 2.45) is 4.99 Å². The van der Waals surface area contributed by atoms with Crippen LogP contribution in [-0.2, 0) is 4.79 Å². The van der Waals surface area contributed by atoms with E-state index in [9.17, 15) is 14.7 Å². The van der Waals surface area contributed by atoms with Gasteiger partial charge in [0.1, 0.15) is 11.4 Å². The van der Waals surface area contributed by atoms with Crippen LogP contribution in [0.4, 0.5) is 5.69 Å². The highest BCUT2D eigenvalue weighted by molar-refractivity contribution is 8.14. The van der Waals surface area contributed by atoms with Crippen LogP contribution in [-0.4, -0.2) is 35.0 Å². The molecule has 1 aromatic heterocycles. The minimum absolute atomic E-state index is 0.168. The number of ketones is 1. The number of amidine groups is 1. The van der Waals surface area contributed by atoms with Crippen LogP contribution < -0.4 is 19.4 Å². The summed E-state index contributed by atoms with van der Waals surface area (Å²) in [6.07, 6.45) is 1.73. The first-order valence-electron chi connectivity index (χ1n) is 12.5. The summed E-state index contributed by atoms with van der Waals surface area (Å²) in [5.74, 6) is -0.836. The maximum Gasteiger partial charge on any atom is 0.307 e. The van der Waals surface area contributed by atoms with Crippen molar-refractivity contribution in [1.82, 2.24) is 5.27 Å². The Morgan fingerprint density at radius 2 is 1.77 bits per heavy atom. The number of Topliss-reactive ketones (excluding diaryl/α,β-unsaturated/α-hetero) is 1. The summed E-state index contributed by atoms with van der Waals surface area (Å²) in [5, 5.41) is 16.5. The van der Waals surface area contributed by atoms with E-state index in [1.807, 2.05) is 42.5 Å². The third-order valence-electron chi connectivity index (χ3n) is 6.27. The second-order valence-corrected chi connectivity index (χ2v) is 10.2. The number of hydrogen-bond donors (Lipinski definition) is 0. The minimum atomic E-state index is -0.851. The number of rotatable bonds is 8. The summed E-state index contributed by atoms with van der Waals surface area (Å²) in [5.41, 5.74) is 3.14. The number of amides is 1. The summed E-state index contributed by atoms with van der Waals surface area (Å²) in [4.78, 5) is 32.8. The van der Waals surface area contributed by atoms with Crippen LogP contribution in [0, 0.1) is 0 Å². The van der Waals surface area contributed by atoms with E-state index < -0.39 is 11.7 Å². The average molecular weight is 555 g/mol. The van der Waals surface area contributed by atoms with Crippen LogP contribution >= 0.6 is 11.8 Å². The number of anilines is 1. The van der Waals surface area contributed by atoms with Gasteiger partial charge in [-0.3, -0.25) is 14.5 Å². The lowest BCUT2D eigenvalue weighted by atomic mass is 10.0. The lowest BCUT2D eigenvalue weighted by molar-refractivity contribution is -0.672. The molecule has 0 saturated heterocycles. The van der Waals surface area contributed by atoms with E-state index >= 15 is 0 Å². The molecule has 10 heteroatoms. The number of ether oxygens (including phenoxy) is 1. The van der Waals surface area contributed by atoms with Gasteiger partial charge in [-0.25, -0.2) is 4.99 Å². The van der Waals surface area contributed by atoms with Crippen molar-refractivity contribution in [1.29, 1.82) is 0 Å². The van der Waals surface area contributed by atoms with Gasteiger partial charge in [0.15, 0.2) is 11.1 Å². The number of para-hydroxylation sites is 1. The van der Waals surface area contributed by atoms with E-state index in [0.717, 1.165) is 22.0 Å². The van der Waals surface area contributed by atoms with Gasteiger partial charge in [0.05, 0.1) is 23.8 Å². The minimum Gasteiger partial charge on any atom is -0.539 e. The Balaban J connectivity index is 1.42. The number of hydrogen-bond acceptors (Lipinski definition) is 8. The lowest BCUT2D eigenvalue weighted by Gasteiger charge is -2.17. The Kier molecular flexibility index (Phi) is 7.79. The fourth-order valence-electron chi connectivity index (χ4n) is 4.11. The molecule has 0 bridgehead atoms. The number of benzene rings is 3. The summed E-state index contributed by atoms with van der Waals surface area (Å²) in [6.45, 7) is 4.24. The van der Waals surface area contributed by atoms with Crippen molar-refractivity contribution in [3.05, 3.63) is 101 Å². The Bertz CT molecular complexity index is 1590. The van der Waals surface area contributed by atoms with Gasteiger partial charge in [-0.1, -0.05) is 68.1 Å². The van der Waals surface area contributed by atoms with Gasteiger partial charge < -0.3 is 14.4 Å². The SMILES string of the molecule is COc1ccc(-[n+]2noc([O-])c2C(=O)CSC2=N/C(=C/c3ccc(C(C)C)cc3)C(=O)N2c2ccccc2)cc1. The normalized spacial score (nSPS) is 14.2. The molecule has 4 aromatic rings. The number of carbonyl (C=O) groups excluding carboxylic acids is 2. The van der Waals surface area contributed by atoms with E-state index in [1.165, 1.54) is 10.5 Å². The molecule has 2 heterocycles. The number of thioether (sulfide) groups is 1. The van der Waals surface area contributed by atoms with Crippen molar-refractivity contribution in [3.63, 3.8) is 0 Å². The van der Waals surface area contributed by atoms with Gasteiger partial charge in [-0.15, -0.1) is 0 Å². The summed E-state index contributed by atoms with van der Waals surface area (Å²) < 4.78 is 11.1. The molecule has 0 saturated carbocycles. The molecular weight excluding hydrogens is 528 g/mol. The maximum atomic E-state index is 13.5. The van der Waals surface area contributed by atoms with E-state index in [4.69, 9.17) is 9.26 Å². The molecule has 1 aliphatic heterocycles. The first-order chi connectivity index (χ1) is 19.4. The van der Waals surface area contributed by atoms with Crippen molar-refractivity contribution in [3.8, 4) is 17.4 Å². The van der Waals surface area contributed by atoms with Crippen molar-refractivity contribution < 1.29 is 28.6 Å². The molecule has 0 spiro atoms. The summed E-state index contributed by atoms with van der Waals surface area (Å²) in [7, 11) is 1.54. The predicted molar refractivity (Wildman–Crippen MR) is 151 cm³/mol. The van der Waals surface area contributed by atoms with Crippen LogP contribution in [0.25, 0.3) is 11.8 Å². The number of nitrogens with zero attached hydrogens (tertiary/aromatic N) is 4. The third-order valence-corrected chi connectivity index (χ3v) is 7.21. The molecule has 0 radical (unpaired) electrons. The van der Waals surface area contributed by atoms with Crippen LogP contribution in [0.3, 0.4) is 0 Å². The first-order valence-corrected chi connectivity index (χ1v) is 13.5. The molecule has 0 atom stereocenters. The maximum absolute atomic E-state index is 13.5. The molecule has 0 aliphatic carbocycles. The highest BCUT2D eigenvalue weighted by atomic mass is 32.2. The van der Waals surface area contributed by atoms with Crippen LogP contribution in [0.15, 0.2) is 94.1 Å². The third kappa shape index (κ3) is 5.52. The van der Waals surface area contributed by atoms with Crippen LogP contribution in [0.5, 0.6) is 11.7 Å². The molecule has 0 unspecified atom stereocenters. The topological polar surface area (TPSA) is 112 Å². The largest absolute Gasteiger partial charge is 0.539 e. The predicted octanol–water partition coefficient (Wildman–Crippen LogP) is 4.52. The van der Waals surface area contributed by atoms with E-state index in [2.05, 4.69) is 24.1 Å². The van der Waals surface area contributed by atoms with Gasteiger partial charge in [-0.05, 0) is 52.1 Å². The average Bonchev–Trinajstić information content (AvgIpc) is 3.51. The van der Waals surface area contributed by atoms with Crippen LogP contribution in [0.2, 0.25) is 0 Å². The molecule has 202 valence electrons. The molecule has 9 nitrogen and oxygen atoms in total. The Hall–Kier alpha value is -4.70. The quantitative estimate of drug-likeness (QED) is 0.179. The molecular formula is C30H26N4O5S. The molecule has 0 fully saturated rings. The standard InChI is InChI=1S/C30H26N4O5S/c1-19(2)21-11-9-20(10-12-21)17-25-28(36)33(22-7-5-4-6-8-22)30(31-25)40-18-26(35)27-29(37)39-32-34(27)23-13-15-24(38-3)16-14-23/h4-17,19H,18H2,1-3H3/b25-17+. The van der Waals surface area contributed by atoms with Gasteiger partial charge in [0.2, 0.25) is 11.5 Å². The Morgan fingerprint density at radius 1 is 1.07 bits per heavy atom. The fraction of sp³-hybridized carbons (Fsp3) is 0.167. The fourth-order valence-corrected chi connectivity index (χ4v) is 4.99. The van der Waals surface area contributed by atoms with Gasteiger partial charge in [0, 0.05) is 12.1 Å². The van der Waals surface area contributed by atoms with Crippen LogP contribution in [0.1, 0.15) is 41.4 Å². The zero-order valence-corrected chi connectivity index (χ0v) is 22.9. The number of carbonyl (C=O) groups is 2. The molecule has 40 heavy (non-hydrogen) atoms. The van der Waals surface area contributed by atoms with E-state index in [1.54, 1.807) is 49.6 Å². The molecule has 1 aliphatic rings. The number of aromatic nitrogens is 2. The summed E-state index contributed by atoms with van der Waals surface area (Å²) in [6, 6.07) is 23.7. The zero-order valence-electron chi connectivity index (χ0n) is 22.1. The second kappa shape index (κ2) is 11.6. The van der Waals surface area contributed by atoms with Gasteiger partial charge in [-0.2, -0.15) is 0 Å². The smallest absolute Gasteiger partial charge is 0.307 e. The lowest BCUT2D eigenvalue weighted by Crippen LogP contribution is -2.39. The highest BCUT2D eigenvalue weighted by Gasteiger charge is 2.34. The molecule has 3 aromatic carbocycles. The van der Waals surface area contributed by atoms with Crippen molar-refractivity contribution in [2.75, 3.05) is 17.8 Å². The molecule has 0 N–H and O–H groups in total. The van der Waals surface area contributed by atoms with Gasteiger partial charge in [0.25, 0.3) is 5.91 Å². The number of aliphatic imine (C=N–C) groups is 1. The van der Waals surface area contributed by atoms with E-state index in [-0.39, 0.29) is 23.1 Å². The Morgan fingerprint density at radius 3 is 2.42 bits per heavy atom. The first kappa shape index (κ1) is 26.9. The molecule has 5 rings (SSSR count). The van der Waals surface area contributed by atoms with Crippen molar-refractivity contribution in [2.45, 2.75) is 19.8 Å². The number of methoxy groups -OCH3 is 1. The second-order valence-electron chi connectivity index (χ2n) is 9.25. The van der Waals surface area contributed by atoms with Gasteiger partial charge >= 0.3 is 5.69 Å². The Labute approximate surface area is 235 Å². The van der Waals surface area contributed by atoms with E-state index in [0.29, 0.717) is 28.2 Å².